The number of hydrogen-bond acceptors (Lipinski definition) is 2. The molecule has 104 valence electrons. The number of nitrogens with one attached hydrogen (secondary N) is 1. The lowest BCUT2D eigenvalue weighted by molar-refractivity contribution is 0.340. The Kier molecular flexibility index (Phi) is 3.91. The van der Waals surface area contributed by atoms with Gasteiger partial charge in [0.25, 0.3) is 0 Å². The molecule has 0 aromatic heterocycles. The van der Waals surface area contributed by atoms with E-state index in [1.165, 1.54) is 24.0 Å². The number of rotatable bonds is 6. The molecule has 2 aromatic carbocycles. The molecule has 0 amide bonds. The van der Waals surface area contributed by atoms with E-state index in [0.29, 0.717) is 6.61 Å². The third-order valence-electron chi connectivity index (χ3n) is 3.64. The van der Waals surface area contributed by atoms with E-state index in [4.69, 9.17) is 4.74 Å². The molecule has 20 heavy (non-hydrogen) atoms. The minimum absolute atomic E-state index is 0.701. The van der Waals surface area contributed by atoms with Gasteiger partial charge in [-0.25, -0.2) is 0 Å². The average molecular weight is 267 g/mol. The highest BCUT2D eigenvalue weighted by Gasteiger charge is 2.23. The maximum absolute atomic E-state index is 5.52. The molecule has 2 nitrogen and oxygen atoms in total. The van der Waals surface area contributed by atoms with Crippen molar-refractivity contribution in [3.05, 3.63) is 59.7 Å². The second-order valence-corrected chi connectivity index (χ2v) is 5.33. The summed E-state index contributed by atoms with van der Waals surface area (Å²) in [5, 5.41) is 3.47. The highest BCUT2D eigenvalue weighted by Crippen LogP contribution is 2.40. The molecule has 2 heteroatoms. The van der Waals surface area contributed by atoms with E-state index in [2.05, 4.69) is 35.6 Å². The van der Waals surface area contributed by atoms with Gasteiger partial charge in [-0.05, 0) is 48.9 Å². The summed E-state index contributed by atoms with van der Waals surface area (Å²) in [4.78, 5) is 0. The van der Waals surface area contributed by atoms with Crippen molar-refractivity contribution in [1.82, 2.24) is 0 Å². The number of ether oxygens (including phenoxy) is 1. The van der Waals surface area contributed by atoms with Gasteiger partial charge in [0.15, 0.2) is 0 Å². The van der Waals surface area contributed by atoms with E-state index in [0.717, 1.165) is 23.9 Å². The van der Waals surface area contributed by atoms with Crippen LogP contribution in [0.5, 0.6) is 5.75 Å². The van der Waals surface area contributed by atoms with E-state index < -0.39 is 0 Å². The molecular formula is C18H21NO. The summed E-state index contributed by atoms with van der Waals surface area (Å²) >= 11 is 0. The molecule has 0 saturated heterocycles. The molecule has 1 N–H and O–H groups in total. The molecule has 0 bridgehead atoms. The molecule has 0 unspecified atom stereocenters. The summed E-state index contributed by atoms with van der Waals surface area (Å²) in [6.07, 6.45) is 2.71. The Morgan fingerprint density at radius 2 is 1.95 bits per heavy atom. The largest absolute Gasteiger partial charge is 0.494 e. The predicted octanol–water partition coefficient (Wildman–Crippen LogP) is 4.57. The van der Waals surface area contributed by atoms with E-state index in [9.17, 15) is 0 Å². The van der Waals surface area contributed by atoms with Gasteiger partial charge >= 0.3 is 0 Å². The van der Waals surface area contributed by atoms with Gasteiger partial charge in [0.2, 0.25) is 0 Å². The lowest BCUT2D eigenvalue weighted by atomic mass is 10.1. The van der Waals surface area contributed by atoms with Crippen LogP contribution in [-0.2, 0) is 6.54 Å². The van der Waals surface area contributed by atoms with Gasteiger partial charge in [-0.15, -0.1) is 0 Å². The van der Waals surface area contributed by atoms with Gasteiger partial charge in [0, 0.05) is 18.3 Å². The molecule has 1 aliphatic rings. The predicted molar refractivity (Wildman–Crippen MR) is 83.4 cm³/mol. The fourth-order valence-corrected chi connectivity index (χ4v) is 2.44. The van der Waals surface area contributed by atoms with Gasteiger partial charge in [0.05, 0.1) is 6.61 Å². The molecule has 3 rings (SSSR count). The van der Waals surface area contributed by atoms with Gasteiger partial charge in [-0.1, -0.05) is 30.3 Å². The second-order valence-electron chi connectivity index (χ2n) is 5.33. The van der Waals surface area contributed by atoms with Gasteiger partial charge in [-0.2, -0.15) is 0 Å². The van der Waals surface area contributed by atoms with E-state index >= 15 is 0 Å². The maximum atomic E-state index is 5.52. The fourth-order valence-electron chi connectivity index (χ4n) is 2.44. The first kappa shape index (κ1) is 13.0. The molecule has 0 aliphatic heterocycles. The quantitative estimate of drug-likeness (QED) is 0.827. The van der Waals surface area contributed by atoms with Gasteiger partial charge in [0.1, 0.15) is 5.75 Å². The van der Waals surface area contributed by atoms with Crippen molar-refractivity contribution >= 4 is 5.69 Å². The van der Waals surface area contributed by atoms with Crippen LogP contribution in [0.15, 0.2) is 48.5 Å². The third kappa shape index (κ3) is 3.32. The normalized spacial score (nSPS) is 14.1. The minimum Gasteiger partial charge on any atom is -0.494 e. The van der Waals surface area contributed by atoms with Gasteiger partial charge in [-0.3, -0.25) is 0 Å². The molecule has 2 aromatic rings. The molecule has 0 atom stereocenters. The Labute approximate surface area is 120 Å². The van der Waals surface area contributed by atoms with Crippen LogP contribution in [0.4, 0.5) is 5.69 Å². The molecule has 1 fully saturated rings. The minimum atomic E-state index is 0.701. The standard InChI is InChI=1S/C18H21NO/c1-2-20-18-8-4-7-17(12-18)19-13-14-5-3-6-16(11-14)15-9-10-15/h3-8,11-12,15,19H,2,9-10,13H2,1H3. The van der Waals surface area contributed by atoms with Crippen LogP contribution in [0, 0.1) is 0 Å². The summed E-state index contributed by atoms with van der Waals surface area (Å²) in [5.74, 6) is 1.74. The van der Waals surface area contributed by atoms with Crippen molar-refractivity contribution in [2.24, 2.45) is 0 Å². The molecular weight excluding hydrogens is 246 g/mol. The number of anilines is 1. The van der Waals surface area contributed by atoms with Crippen molar-refractivity contribution in [2.45, 2.75) is 32.2 Å². The smallest absolute Gasteiger partial charge is 0.121 e. The average Bonchev–Trinajstić information content (AvgIpc) is 3.31. The fraction of sp³-hybridized carbons (Fsp3) is 0.333. The van der Waals surface area contributed by atoms with Crippen molar-refractivity contribution in [2.75, 3.05) is 11.9 Å². The van der Waals surface area contributed by atoms with Crippen LogP contribution in [0.25, 0.3) is 0 Å². The molecule has 0 radical (unpaired) electrons. The lowest BCUT2D eigenvalue weighted by Crippen LogP contribution is -2.00. The zero-order valence-electron chi connectivity index (χ0n) is 11.9. The van der Waals surface area contributed by atoms with Crippen molar-refractivity contribution in [1.29, 1.82) is 0 Å². The van der Waals surface area contributed by atoms with Crippen LogP contribution in [0.2, 0.25) is 0 Å². The first-order valence-electron chi connectivity index (χ1n) is 7.40. The first-order chi connectivity index (χ1) is 9.85. The van der Waals surface area contributed by atoms with Crippen LogP contribution in [-0.4, -0.2) is 6.61 Å². The van der Waals surface area contributed by atoms with Crippen molar-refractivity contribution < 1.29 is 4.74 Å². The maximum Gasteiger partial charge on any atom is 0.121 e. The Bertz CT molecular complexity index is 575. The summed E-state index contributed by atoms with van der Waals surface area (Å²) in [6.45, 7) is 3.56. The third-order valence-corrected chi connectivity index (χ3v) is 3.64. The molecule has 0 spiro atoms. The monoisotopic (exact) mass is 267 g/mol. The van der Waals surface area contributed by atoms with Crippen LogP contribution in [0.1, 0.15) is 36.8 Å². The highest BCUT2D eigenvalue weighted by molar-refractivity contribution is 5.48. The summed E-state index contributed by atoms with van der Waals surface area (Å²) in [6, 6.07) is 17.1. The topological polar surface area (TPSA) is 21.3 Å². The Hall–Kier alpha value is -1.96. The van der Waals surface area contributed by atoms with Crippen LogP contribution in [0.3, 0.4) is 0 Å². The van der Waals surface area contributed by atoms with E-state index in [1.807, 2.05) is 25.1 Å². The molecule has 1 aliphatic carbocycles. The zero-order chi connectivity index (χ0) is 13.8. The Morgan fingerprint density at radius 3 is 2.75 bits per heavy atom. The van der Waals surface area contributed by atoms with Gasteiger partial charge < -0.3 is 10.1 Å². The zero-order valence-corrected chi connectivity index (χ0v) is 11.9. The van der Waals surface area contributed by atoms with E-state index in [-0.39, 0.29) is 0 Å². The van der Waals surface area contributed by atoms with Crippen LogP contribution < -0.4 is 10.1 Å². The Balaban J connectivity index is 1.63. The number of benzene rings is 2. The van der Waals surface area contributed by atoms with Crippen molar-refractivity contribution in [3.8, 4) is 5.75 Å². The number of hydrogen-bond donors (Lipinski definition) is 1. The summed E-state index contributed by atoms with van der Waals surface area (Å²) < 4.78 is 5.52. The Morgan fingerprint density at radius 1 is 1.10 bits per heavy atom. The molecule has 1 saturated carbocycles. The van der Waals surface area contributed by atoms with Crippen LogP contribution >= 0.6 is 0 Å². The van der Waals surface area contributed by atoms with E-state index in [1.54, 1.807) is 0 Å². The highest BCUT2D eigenvalue weighted by atomic mass is 16.5. The second kappa shape index (κ2) is 6.00. The SMILES string of the molecule is CCOc1cccc(NCc2cccc(C3CC3)c2)c1. The summed E-state index contributed by atoms with van der Waals surface area (Å²) in [5.41, 5.74) is 3.94. The van der Waals surface area contributed by atoms with Crippen molar-refractivity contribution in [3.63, 3.8) is 0 Å². The summed E-state index contributed by atoms with van der Waals surface area (Å²) in [7, 11) is 0. The lowest BCUT2D eigenvalue weighted by Gasteiger charge is -2.10. The molecule has 0 heterocycles. The first-order valence-corrected chi connectivity index (χ1v) is 7.40.